The van der Waals surface area contributed by atoms with Crippen LogP contribution in [-0.4, -0.2) is 30.9 Å². The predicted octanol–water partition coefficient (Wildman–Crippen LogP) is 3.28. The number of amides is 1. The molecule has 7 heteroatoms. The third-order valence-corrected chi connectivity index (χ3v) is 4.42. The summed E-state index contributed by atoms with van der Waals surface area (Å²) in [7, 11) is 0. The number of anilines is 1. The van der Waals surface area contributed by atoms with Crippen LogP contribution < -0.4 is 10.1 Å². The van der Waals surface area contributed by atoms with Crippen molar-refractivity contribution in [3.8, 4) is 5.75 Å². The molecule has 1 aliphatic rings. The molecule has 1 amide bonds. The first-order valence-electron chi connectivity index (χ1n) is 8.41. The van der Waals surface area contributed by atoms with Gasteiger partial charge in [0, 0.05) is 16.3 Å². The first kappa shape index (κ1) is 18.9. The van der Waals surface area contributed by atoms with Crippen LogP contribution in [0.5, 0.6) is 5.75 Å². The maximum absolute atomic E-state index is 12.2. The van der Waals surface area contributed by atoms with Gasteiger partial charge in [-0.2, -0.15) is 0 Å². The minimum Gasteiger partial charge on any atom is -0.492 e. The number of carbonyl (C=O) groups excluding carboxylic acids is 3. The topological polar surface area (TPSA) is 81.7 Å². The van der Waals surface area contributed by atoms with Crippen molar-refractivity contribution in [1.29, 1.82) is 0 Å². The molecule has 0 unspecified atom stereocenters. The van der Waals surface area contributed by atoms with Crippen LogP contribution in [0, 0.1) is 5.92 Å². The van der Waals surface area contributed by atoms with E-state index < -0.39 is 24.4 Å². The van der Waals surface area contributed by atoms with E-state index in [4.69, 9.17) is 21.1 Å². The molecule has 6 nitrogen and oxygen atoms in total. The summed E-state index contributed by atoms with van der Waals surface area (Å²) in [5, 5.41) is 3.18. The Labute approximate surface area is 161 Å². The molecule has 3 rings (SSSR count). The van der Waals surface area contributed by atoms with E-state index in [0.717, 1.165) is 5.56 Å². The highest BCUT2D eigenvalue weighted by Gasteiger charge is 2.28. The molecule has 140 valence electrons. The van der Waals surface area contributed by atoms with Gasteiger partial charge >= 0.3 is 5.97 Å². The zero-order valence-electron chi connectivity index (χ0n) is 14.7. The molecule has 2 aromatic carbocycles. The van der Waals surface area contributed by atoms with Gasteiger partial charge in [-0.1, -0.05) is 11.6 Å². The standard InChI is InChI=1S/C20H18ClNO5/c1-12(23)13-2-5-17(6-3-13)22-19(24)11-27-20(25)15-8-14-9-16(21)4-7-18(14)26-10-15/h2-7,9,15H,8,10-11H2,1H3,(H,22,24)/t15-/m0/s1. The smallest absolute Gasteiger partial charge is 0.313 e. The summed E-state index contributed by atoms with van der Waals surface area (Å²) >= 11 is 5.97. The number of ketones is 1. The number of halogens is 1. The van der Waals surface area contributed by atoms with Crippen LogP contribution in [0.25, 0.3) is 0 Å². The second-order valence-electron chi connectivity index (χ2n) is 6.25. The van der Waals surface area contributed by atoms with Crippen molar-refractivity contribution in [3.63, 3.8) is 0 Å². The van der Waals surface area contributed by atoms with Crippen LogP contribution in [0.3, 0.4) is 0 Å². The van der Waals surface area contributed by atoms with Crippen molar-refractivity contribution in [2.45, 2.75) is 13.3 Å². The van der Waals surface area contributed by atoms with E-state index in [1.54, 1.807) is 42.5 Å². The van der Waals surface area contributed by atoms with E-state index in [0.29, 0.717) is 28.4 Å². The number of benzene rings is 2. The van der Waals surface area contributed by atoms with Crippen molar-refractivity contribution in [2.75, 3.05) is 18.5 Å². The summed E-state index contributed by atoms with van der Waals surface area (Å²) in [6, 6.07) is 11.7. The maximum Gasteiger partial charge on any atom is 0.313 e. The molecule has 0 fully saturated rings. The summed E-state index contributed by atoms with van der Waals surface area (Å²) in [5.74, 6) is -0.796. The van der Waals surface area contributed by atoms with Gasteiger partial charge in [-0.05, 0) is 61.4 Å². The number of nitrogens with one attached hydrogen (secondary N) is 1. The van der Waals surface area contributed by atoms with Crippen LogP contribution >= 0.6 is 11.6 Å². The number of carbonyl (C=O) groups is 3. The molecule has 1 aliphatic heterocycles. The number of esters is 1. The van der Waals surface area contributed by atoms with Crippen molar-refractivity contribution in [2.24, 2.45) is 5.92 Å². The Morgan fingerprint density at radius 1 is 1.19 bits per heavy atom. The molecule has 0 bridgehead atoms. The van der Waals surface area contributed by atoms with E-state index in [1.807, 2.05) is 0 Å². The van der Waals surface area contributed by atoms with E-state index in [9.17, 15) is 14.4 Å². The van der Waals surface area contributed by atoms with Gasteiger partial charge in [0.05, 0.1) is 5.92 Å². The maximum atomic E-state index is 12.2. The van der Waals surface area contributed by atoms with Crippen molar-refractivity contribution in [1.82, 2.24) is 0 Å². The van der Waals surface area contributed by atoms with Gasteiger partial charge in [0.2, 0.25) is 0 Å². The highest BCUT2D eigenvalue weighted by atomic mass is 35.5. The number of ether oxygens (including phenoxy) is 2. The minimum atomic E-state index is -0.497. The van der Waals surface area contributed by atoms with Gasteiger partial charge in [0.25, 0.3) is 5.91 Å². The average Bonchev–Trinajstić information content (AvgIpc) is 2.66. The summed E-state index contributed by atoms with van der Waals surface area (Å²) in [4.78, 5) is 35.4. The lowest BCUT2D eigenvalue weighted by atomic mass is 9.97. The molecule has 0 spiro atoms. The molecular weight excluding hydrogens is 370 g/mol. The van der Waals surface area contributed by atoms with E-state index in [-0.39, 0.29) is 12.4 Å². The van der Waals surface area contributed by atoms with Crippen LogP contribution in [0.15, 0.2) is 42.5 Å². The fourth-order valence-corrected chi connectivity index (χ4v) is 2.95. The molecule has 0 aliphatic carbocycles. The van der Waals surface area contributed by atoms with Gasteiger partial charge in [-0.25, -0.2) is 0 Å². The Kier molecular flexibility index (Phi) is 5.76. The summed E-state index contributed by atoms with van der Waals surface area (Å²) in [6.45, 7) is 1.27. The number of hydrogen-bond donors (Lipinski definition) is 1. The van der Waals surface area contributed by atoms with Crippen molar-refractivity contribution < 1.29 is 23.9 Å². The zero-order valence-corrected chi connectivity index (χ0v) is 15.4. The lowest BCUT2D eigenvalue weighted by molar-refractivity contribution is -0.152. The molecule has 1 heterocycles. The molecule has 1 atom stereocenters. The van der Waals surface area contributed by atoms with Crippen molar-refractivity contribution >= 4 is 34.9 Å². The second kappa shape index (κ2) is 8.22. The molecular formula is C20H18ClNO5. The summed E-state index contributed by atoms with van der Waals surface area (Å²) < 4.78 is 10.7. The molecule has 1 N–H and O–H groups in total. The monoisotopic (exact) mass is 387 g/mol. The van der Waals surface area contributed by atoms with Gasteiger partial charge < -0.3 is 14.8 Å². The highest BCUT2D eigenvalue weighted by Crippen LogP contribution is 2.30. The minimum absolute atomic E-state index is 0.0561. The van der Waals surface area contributed by atoms with Gasteiger partial charge in [0.15, 0.2) is 12.4 Å². The summed E-state index contributed by atoms with van der Waals surface area (Å²) in [6.07, 6.45) is 0.447. The largest absolute Gasteiger partial charge is 0.492 e. The average molecular weight is 388 g/mol. The molecule has 2 aromatic rings. The third kappa shape index (κ3) is 4.86. The molecule has 0 aromatic heterocycles. The number of Topliss-reactive ketones (excluding diaryl/α,β-unsaturated/α-hetero) is 1. The van der Waals surface area contributed by atoms with E-state index in [2.05, 4.69) is 5.32 Å². The third-order valence-electron chi connectivity index (χ3n) is 4.18. The van der Waals surface area contributed by atoms with Crippen LogP contribution in [0.2, 0.25) is 5.02 Å². The number of fused-ring (bicyclic) bond motifs is 1. The first-order chi connectivity index (χ1) is 12.9. The molecule has 27 heavy (non-hydrogen) atoms. The Morgan fingerprint density at radius 3 is 2.63 bits per heavy atom. The fourth-order valence-electron chi connectivity index (χ4n) is 2.75. The van der Waals surface area contributed by atoms with Crippen LogP contribution in [0.1, 0.15) is 22.8 Å². The molecule has 0 saturated heterocycles. The van der Waals surface area contributed by atoms with Gasteiger partial charge in [-0.3, -0.25) is 14.4 Å². The predicted molar refractivity (Wildman–Crippen MR) is 100 cm³/mol. The lowest BCUT2D eigenvalue weighted by Gasteiger charge is -2.24. The van der Waals surface area contributed by atoms with Crippen LogP contribution in [-0.2, 0) is 20.7 Å². The molecule has 0 saturated carbocycles. The SMILES string of the molecule is CC(=O)c1ccc(NC(=O)COC(=O)[C@@H]2COc3ccc(Cl)cc3C2)cc1. The highest BCUT2D eigenvalue weighted by molar-refractivity contribution is 6.30. The number of hydrogen-bond acceptors (Lipinski definition) is 5. The normalized spacial score (nSPS) is 15.3. The fraction of sp³-hybridized carbons (Fsp3) is 0.250. The quantitative estimate of drug-likeness (QED) is 0.629. The Morgan fingerprint density at radius 2 is 1.93 bits per heavy atom. The summed E-state index contributed by atoms with van der Waals surface area (Å²) in [5.41, 5.74) is 1.91. The Bertz CT molecular complexity index is 878. The zero-order chi connectivity index (χ0) is 19.4. The van der Waals surface area contributed by atoms with E-state index in [1.165, 1.54) is 6.92 Å². The van der Waals surface area contributed by atoms with E-state index >= 15 is 0 Å². The van der Waals surface area contributed by atoms with Gasteiger partial charge in [0.1, 0.15) is 12.4 Å². The second-order valence-corrected chi connectivity index (χ2v) is 6.69. The molecule has 0 radical (unpaired) electrons. The van der Waals surface area contributed by atoms with Crippen LogP contribution in [0.4, 0.5) is 5.69 Å². The first-order valence-corrected chi connectivity index (χ1v) is 8.79. The van der Waals surface area contributed by atoms with Crippen molar-refractivity contribution in [3.05, 3.63) is 58.6 Å². The number of rotatable bonds is 5. The Hall–Kier alpha value is -2.86. The Balaban J connectivity index is 1.50. The lowest BCUT2D eigenvalue weighted by Crippen LogP contribution is -2.32. The van der Waals surface area contributed by atoms with Gasteiger partial charge in [-0.15, -0.1) is 0 Å².